The predicted molar refractivity (Wildman–Crippen MR) is 132 cm³/mol. The standard InChI is InChI=1S/C19H16O.C12H11.Fe/c20-19(16-10-5-2-6-11-16)18-13-7-12-17(18)14-15-8-3-1-4-9-15;1-2-6-11(7-3-1)10-12-8-4-5-9-12;/h1-13,20H,14H2;1-9H,10H2;/q;-1;+2/p-1. The summed E-state index contributed by atoms with van der Waals surface area (Å²) in [5, 5.41) is 12.5. The Bertz CT molecular complexity index is 1190. The maximum absolute atomic E-state index is 12.5. The molecule has 0 heterocycles. The van der Waals surface area contributed by atoms with Crippen molar-refractivity contribution in [1.82, 2.24) is 0 Å². The third-order valence-electron chi connectivity index (χ3n) is 5.41. The first-order valence-corrected chi connectivity index (χ1v) is 10.9. The second kappa shape index (κ2) is 12.6. The molecule has 0 saturated heterocycles. The molecule has 0 spiro atoms. The van der Waals surface area contributed by atoms with Crippen LogP contribution in [-0.4, -0.2) is 0 Å². The van der Waals surface area contributed by atoms with E-state index in [0.29, 0.717) is 0 Å². The van der Waals surface area contributed by atoms with Crippen molar-refractivity contribution in [2.75, 3.05) is 0 Å². The molecular weight excluding hydrogens is 444 g/mol. The Morgan fingerprint density at radius 3 is 1.82 bits per heavy atom. The van der Waals surface area contributed by atoms with Crippen LogP contribution in [0.15, 0.2) is 145 Å². The predicted octanol–water partition coefficient (Wildman–Crippen LogP) is 6.49. The quantitative estimate of drug-likeness (QED) is 0.186. The average Bonchev–Trinajstić information content (AvgIpc) is 3.53. The van der Waals surface area contributed by atoms with Crippen molar-refractivity contribution in [2.45, 2.75) is 12.8 Å². The molecule has 0 atom stereocenters. The van der Waals surface area contributed by atoms with Crippen molar-refractivity contribution in [3.8, 4) is 0 Å². The average molecular weight is 470 g/mol. The molecule has 0 saturated carbocycles. The van der Waals surface area contributed by atoms with Crippen LogP contribution in [0.3, 0.4) is 0 Å². The zero-order chi connectivity index (χ0) is 22.0. The van der Waals surface area contributed by atoms with Crippen LogP contribution >= 0.6 is 0 Å². The molecule has 1 nitrogen and oxygen atoms in total. The third kappa shape index (κ3) is 7.02. The van der Waals surface area contributed by atoms with Crippen molar-refractivity contribution >= 4 is 5.76 Å². The van der Waals surface area contributed by atoms with Gasteiger partial charge in [0.2, 0.25) is 0 Å². The van der Waals surface area contributed by atoms with Gasteiger partial charge in [0.15, 0.2) is 0 Å². The Kier molecular flexibility index (Phi) is 9.20. The molecule has 33 heavy (non-hydrogen) atoms. The number of allylic oxidation sites excluding steroid dienone is 5. The fraction of sp³-hybridized carbons (Fsp3) is 0.0645. The van der Waals surface area contributed by atoms with Crippen LogP contribution < -0.4 is 5.11 Å². The summed E-state index contributed by atoms with van der Waals surface area (Å²) >= 11 is 0. The van der Waals surface area contributed by atoms with Crippen LogP contribution in [0.2, 0.25) is 0 Å². The van der Waals surface area contributed by atoms with Gasteiger partial charge in [0.1, 0.15) is 0 Å². The molecule has 5 rings (SSSR count). The van der Waals surface area contributed by atoms with Crippen LogP contribution in [-0.2, 0) is 29.9 Å². The van der Waals surface area contributed by atoms with E-state index in [1.165, 1.54) is 16.7 Å². The van der Waals surface area contributed by atoms with E-state index in [4.69, 9.17) is 0 Å². The Hall–Kier alpha value is -3.45. The number of benzene rings is 3. The molecule has 164 valence electrons. The van der Waals surface area contributed by atoms with Gasteiger partial charge < -0.3 is 5.11 Å². The largest absolute Gasteiger partial charge is 2.00 e. The van der Waals surface area contributed by atoms with E-state index < -0.39 is 0 Å². The fourth-order valence-corrected chi connectivity index (χ4v) is 3.76. The van der Waals surface area contributed by atoms with Crippen LogP contribution in [0, 0.1) is 0 Å². The molecule has 0 unspecified atom stereocenters. The molecule has 0 bridgehead atoms. The minimum atomic E-state index is 0. The number of rotatable bonds is 5. The topological polar surface area (TPSA) is 23.1 Å². The minimum absolute atomic E-state index is 0. The Balaban J connectivity index is 0.000000202. The maximum atomic E-state index is 12.5. The zero-order valence-electron chi connectivity index (χ0n) is 18.4. The van der Waals surface area contributed by atoms with Crippen LogP contribution in [0.5, 0.6) is 0 Å². The Labute approximate surface area is 207 Å². The molecule has 4 aromatic rings. The molecule has 0 aromatic heterocycles. The van der Waals surface area contributed by atoms with Gasteiger partial charge in [-0.2, -0.15) is 17.7 Å². The minimum Gasteiger partial charge on any atom is -0.872 e. The smallest absolute Gasteiger partial charge is 0.872 e. The summed E-state index contributed by atoms with van der Waals surface area (Å²) in [5.74, 6) is 0.0986. The van der Waals surface area contributed by atoms with Crippen molar-refractivity contribution in [1.29, 1.82) is 0 Å². The molecule has 4 aromatic carbocycles. The van der Waals surface area contributed by atoms with Gasteiger partial charge in [0.25, 0.3) is 0 Å². The molecule has 0 aliphatic heterocycles. The van der Waals surface area contributed by atoms with Crippen molar-refractivity contribution < 1.29 is 22.2 Å². The van der Waals surface area contributed by atoms with E-state index >= 15 is 0 Å². The first-order chi connectivity index (χ1) is 15.8. The summed E-state index contributed by atoms with van der Waals surface area (Å²) in [4.78, 5) is 0. The summed E-state index contributed by atoms with van der Waals surface area (Å²) in [6.45, 7) is 0. The number of hydrogen-bond donors (Lipinski definition) is 0. The summed E-state index contributed by atoms with van der Waals surface area (Å²) in [6.07, 6.45) is 7.74. The Morgan fingerprint density at radius 1 is 0.667 bits per heavy atom. The summed E-state index contributed by atoms with van der Waals surface area (Å²) in [7, 11) is 0. The first kappa shape index (κ1) is 24.2. The van der Waals surface area contributed by atoms with E-state index in [9.17, 15) is 5.11 Å². The van der Waals surface area contributed by atoms with E-state index in [2.05, 4.69) is 66.7 Å². The van der Waals surface area contributed by atoms with Crippen molar-refractivity contribution in [3.05, 3.63) is 167 Å². The van der Waals surface area contributed by atoms with Gasteiger partial charge in [-0.3, -0.25) is 0 Å². The second-order valence-corrected chi connectivity index (χ2v) is 7.78. The molecule has 0 radical (unpaired) electrons. The second-order valence-electron chi connectivity index (χ2n) is 7.78. The normalized spacial score (nSPS) is 13.4. The molecular formula is C31H26FeO. The van der Waals surface area contributed by atoms with E-state index in [1.54, 1.807) is 0 Å². The van der Waals surface area contributed by atoms with E-state index in [1.807, 2.05) is 66.8 Å². The van der Waals surface area contributed by atoms with Gasteiger partial charge in [-0.1, -0.05) is 115 Å². The first-order valence-electron chi connectivity index (χ1n) is 10.9. The van der Waals surface area contributed by atoms with Gasteiger partial charge in [-0.05, 0) is 40.7 Å². The van der Waals surface area contributed by atoms with Crippen LogP contribution in [0.4, 0.5) is 0 Å². The molecule has 0 N–H and O–H groups in total. The van der Waals surface area contributed by atoms with Crippen LogP contribution in [0.25, 0.3) is 5.76 Å². The Morgan fingerprint density at radius 2 is 1.24 bits per heavy atom. The van der Waals surface area contributed by atoms with Crippen molar-refractivity contribution in [2.24, 2.45) is 0 Å². The summed E-state index contributed by atoms with van der Waals surface area (Å²) < 4.78 is 0. The molecule has 0 amide bonds. The zero-order valence-corrected chi connectivity index (χ0v) is 19.5. The van der Waals surface area contributed by atoms with Gasteiger partial charge in [-0.15, -0.1) is 0 Å². The van der Waals surface area contributed by atoms with E-state index in [0.717, 1.165) is 29.6 Å². The van der Waals surface area contributed by atoms with Gasteiger partial charge in [0, 0.05) is 0 Å². The third-order valence-corrected chi connectivity index (χ3v) is 5.41. The molecule has 1 aliphatic rings. The van der Waals surface area contributed by atoms with Gasteiger partial charge in [-0.25, -0.2) is 12.1 Å². The summed E-state index contributed by atoms with van der Waals surface area (Å²) in [5.41, 5.74) is 6.63. The SMILES string of the molecule is [Fe+2].[O-]C(=C1C=CC=C1Cc1ccccc1)c1ccccc1.c1ccc(Cc2ccc[cH-]2)cc1. The molecule has 2 heteroatoms. The van der Waals surface area contributed by atoms with Crippen molar-refractivity contribution in [3.63, 3.8) is 0 Å². The van der Waals surface area contributed by atoms with Crippen LogP contribution in [0.1, 0.15) is 22.3 Å². The van der Waals surface area contributed by atoms with Gasteiger partial charge >= 0.3 is 17.1 Å². The maximum Gasteiger partial charge on any atom is 2.00 e. The molecule has 1 aliphatic carbocycles. The fourth-order valence-electron chi connectivity index (χ4n) is 3.76. The molecule has 0 fully saturated rings. The summed E-state index contributed by atoms with van der Waals surface area (Å²) in [6, 6.07) is 38.7. The van der Waals surface area contributed by atoms with Gasteiger partial charge in [0.05, 0.1) is 0 Å². The monoisotopic (exact) mass is 470 g/mol. The number of hydrogen-bond acceptors (Lipinski definition) is 1. The van der Waals surface area contributed by atoms with E-state index in [-0.39, 0.29) is 22.8 Å².